The maximum atomic E-state index is 11.7. The van der Waals surface area contributed by atoms with Crippen molar-refractivity contribution in [2.24, 2.45) is 0 Å². The first-order chi connectivity index (χ1) is 9.33. The van der Waals surface area contributed by atoms with Crippen LogP contribution >= 0.6 is 0 Å². The molecule has 0 saturated carbocycles. The van der Waals surface area contributed by atoms with E-state index < -0.39 is 0 Å². The fourth-order valence-corrected chi connectivity index (χ4v) is 2.67. The predicted octanol–water partition coefficient (Wildman–Crippen LogP) is 3.39. The topological polar surface area (TPSA) is 41.1 Å². The molecule has 0 aliphatic carbocycles. The molecule has 2 N–H and O–H groups in total. The van der Waals surface area contributed by atoms with Crippen molar-refractivity contribution in [3.8, 4) is 0 Å². The molecule has 3 heteroatoms. The lowest BCUT2D eigenvalue weighted by molar-refractivity contribution is -0.121. The van der Waals surface area contributed by atoms with Crippen LogP contribution in [0.1, 0.15) is 77.6 Å². The highest BCUT2D eigenvalue weighted by Crippen LogP contribution is 2.10. The first kappa shape index (κ1) is 16.5. The Kier molecular flexibility index (Phi) is 9.78. The Morgan fingerprint density at radius 3 is 2.26 bits per heavy atom. The number of hydrogen-bond acceptors (Lipinski definition) is 2. The lowest BCUT2D eigenvalue weighted by Gasteiger charge is -2.10. The Balaban J connectivity index is 1.80. The second-order valence-corrected chi connectivity index (χ2v) is 5.84. The third-order valence-corrected chi connectivity index (χ3v) is 3.93. The summed E-state index contributed by atoms with van der Waals surface area (Å²) in [6.07, 6.45) is 13.6. The highest BCUT2D eigenvalue weighted by atomic mass is 16.1. The SMILES string of the molecule is CCCCCCCCCCCC(=O)N[C@@H]1CCNC1. The van der Waals surface area contributed by atoms with E-state index in [1.54, 1.807) is 0 Å². The number of unbranched alkanes of at least 4 members (excludes halogenated alkanes) is 8. The van der Waals surface area contributed by atoms with Crippen LogP contribution in [0.3, 0.4) is 0 Å². The van der Waals surface area contributed by atoms with Gasteiger partial charge in [0.15, 0.2) is 0 Å². The van der Waals surface area contributed by atoms with E-state index >= 15 is 0 Å². The molecule has 1 atom stereocenters. The molecule has 3 nitrogen and oxygen atoms in total. The summed E-state index contributed by atoms with van der Waals surface area (Å²) in [6.45, 7) is 4.25. The molecule has 0 bridgehead atoms. The minimum atomic E-state index is 0.247. The van der Waals surface area contributed by atoms with E-state index in [9.17, 15) is 4.79 Å². The molecule has 0 spiro atoms. The maximum absolute atomic E-state index is 11.7. The van der Waals surface area contributed by atoms with Crippen molar-refractivity contribution in [2.45, 2.75) is 83.6 Å². The fraction of sp³-hybridized carbons (Fsp3) is 0.938. The Bertz CT molecular complexity index is 225. The molecule has 112 valence electrons. The molecular weight excluding hydrogens is 236 g/mol. The predicted molar refractivity (Wildman–Crippen MR) is 81.3 cm³/mol. The molecule has 1 saturated heterocycles. The number of carbonyl (C=O) groups is 1. The Morgan fingerprint density at radius 1 is 1.05 bits per heavy atom. The van der Waals surface area contributed by atoms with Crippen LogP contribution in [0, 0.1) is 0 Å². The summed E-state index contributed by atoms with van der Waals surface area (Å²) in [5.74, 6) is 0.247. The Labute approximate surface area is 118 Å². The van der Waals surface area contributed by atoms with Gasteiger partial charge < -0.3 is 10.6 Å². The molecule has 0 aromatic carbocycles. The van der Waals surface area contributed by atoms with Crippen molar-refractivity contribution in [2.75, 3.05) is 13.1 Å². The molecule has 1 aliphatic rings. The van der Waals surface area contributed by atoms with E-state index in [2.05, 4.69) is 17.6 Å². The van der Waals surface area contributed by atoms with E-state index in [0.29, 0.717) is 12.5 Å². The maximum Gasteiger partial charge on any atom is 0.220 e. The van der Waals surface area contributed by atoms with Crippen molar-refractivity contribution in [1.29, 1.82) is 0 Å². The van der Waals surface area contributed by atoms with Gasteiger partial charge in [0.1, 0.15) is 0 Å². The van der Waals surface area contributed by atoms with E-state index in [4.69, 9.17) is 0 Å². The average Bonchev–Trinajstić information content (AvgIpc) is 2.89. The van der Waals surface area contributed by atoms with E-state index in [0.717, 1.165) is 25.9 Å². The minimum absolute atomic E-state index is 0.247. The van der Waals surface area contributed by atoms with E-state index in [-0.39, 0.29) is 5.91 Å². The number of nitrogens with one attached hydrogen (secondary N) is 2. The van der Waals surface area contributed by atoms with Gasteiger partial charge in [0.2, 0.25) is 5.91 Å². The summed E-state index contributed by atoms with van der Waals surface area (Å²) in [5, 5.41) is 6.37. The van der Waals surface area contributed by atoms with Crippen LogP contribution in [-0.2, 0) is 4.79 Å². The average molecular weight is 268 g/mol. The monoisotopic (exact) mass is 268 g/mol. The van der Waals surface area contributed by atoms with Crippen LogP contribution < -0.4 is 10.6 Å². The summed E-state index contributed by atoms with van der Waals surface area (Å²) >= 11 is 0. The van der Waals surface area contributed by atoms with Gasteiger partial charge in [0.25, 0.3) is 0 Å². The lowest BCUT2D eigenvalue weighted by atomic mass is 10.1. The molecule has 1 heterocycles. The summed E-state index contributed by atoms with van der Waals surface area (Å²) in [6, 6.07) is 0.381. The molecule has 0 aromatic rings. The Hall–Kier alpha value is -0.570. The fourth-order valence-electron chi connectivity index (χ4n) is 2.67. The van der Waals surface area contributed by atoms with Crippen LogP contribution in [0.2, 0.25) is 0 Å². The van der Waals surface area contributed by atoms with E-state index in [1.807, 2.05) is 0 Å². The number of hydrogen-bond donors (Lipinski definition) is 2. The normalized spacial score (nSPS) is 18.7. The van der Waals surface area contributed by atoms with Crippen LogP contribution in [0.15, 0.2) is 0 Å². The van der Waals surface area contributed by atoms with Crippen molar-refractivity contribution in [3.63, 3.8) is 0 Å². The van der Waals surface area contributed by atoms with Crippen LogP contribution in [-0.4, -0.2) is 25.0 Å². The lowest BCUT2D eigenvalue weighted by Crippen LogP contribution is -2.35. The van der Waals surface area contributed by atoms with Crippen LogP contribution in [0.4, 0.5) is 0 Å². The quantitative estimate of drug-likeness (QED) is 0.564. The molecule has 1 fully saturated rings. The second-order valence-electron chi connectivity index (χ2n) is 5.84. The van der Waals surface area contributed by atoms with Gasteiger partial charge in [0.05, 0.1) is 0 Å². The number of amides is 1. The zero-order chi connectivity index (χ0) is 13.8. The van der Waals surface area contributed by atoms with E-state index in [1.165, 1.54) is 51.4 Å². The van der Waals surface area contributed by atoms with Crippen molar-refractivity contribution >= 4 is 5.91 Å². The second kappa shape index (κ2) is 11.3. The smallest absolute Gasteiger partial charge is 0.220 e. The third kappa shape index (κ3) is 9.04. The zero-order valence-corrected chi connectivity index (χ0v) is 12.7. The van der Waals surface area contributed by atoms with Crippen LogP contribution in [0.5, 0.6) is 0 Å². The minimum Gasteiger partial charge on any atom is -0.352 e. The number of carbonyl (C=O) groups excluding carboxylic acids is 1. The summed E-state index contributed by atoms with van der Waals surface area (Å²) < 4.78 is 0. The first-order valence-corrected chi connectivity index (χ1v) is 8.33. The molecule has 0 aromatic heterocycles. The standard InChI is InChI=1S/C16H32N2O/c1-2-3-4-5-6-7-8-9-10-11-16(19)18-15-12-13-17-14-15/h15,17H,2-14H2,1H3,(H,18,19)/t15-/m1/s1. The van der Waals surface area contributed by atoms with Gasteiger partial charge in [-0.1, -0.05) is 58.3 Å². The summed E-state index contributed by atoms with van der Waals surface area (Å²) in [7, 11) is 0. The van der Waals surface area contributed by atoms with Gasteiger partial charge in [-0.2, -0.15) is 0 Å². The van der Waals surface area contributed by atoms with Crippen molar-refractivity contribution < 1.29 is 4.79 Å². The Morgan fingerprint density at radius 2 is 1.68 bits per heavy atom. The van der Waals surface area contributed by atoms with Crippen molar-refractivity contribution in [1.82, 2.24) is 10.6 Å². The first-order valence-electron chi connectivity index (χ1n) is 8.33. The highest BCUT2D eigenvalue weighted by molar-refractivity contribution is 5.76. The van der Waals surface area contributed by atoms with Crippen LogP contribution in [0.25, 0.3) is 0 Å². The molecule has 19 heavy (non-hydrogen) atoms. The van der Waals surface area contributed by atoms with Gasteiger partial charge in [0, 0.05) is 19.0 Å². The highest BCUT2D eigenvalue weighted by Gasteiger charge is 2.15. The molecule has 0 radical (unpaired) electrons. The molecule has 1 aliphatic heterocycles. The van der Waals surface area contributed by atoms with Gasteiger partial charge in [-0.05, 0) is 19.4 Å². The van der Waals surface area contributed by atoms with Gasteiger partial charge in [-0.3, -0.25) is 4.79 Å². The largest absolute Gasteiger partial charge is 0.352 e. The summed E-state index contributed by atoms with van der Waals surface area (Å²) in [4.78, 5) is 11.7. The zero-order valence-electron chi connectivity index (χ0n) is 12.7. The van der Waals surface area contributed by atoms with Gasteiger partial charge >= 0.3 is 0 Å². The van der Waals surface area contributed by atoms with Crippen molar-refractivity contribution in [3.05, 3.63) is 0 Å². The molecule has 1 amide bonds. The molecule has 1 rings (SSSR count). The number of rotatable bonds is 11. The summed E-state index contributed by atoms with van der Waals surface area (Å²) in [5.41, 5.74) is 0. The van der Waals surface area contributed by atoms with Gasteiger partial charge in [-0.15, -0.1) is 0 Å². The molecule has 0 unspecified atom stereocenters. The molecular formula is C16H32N2O. The third-order valence-electron chi connectivity index (χ3n) is 3.93. The van der Waals surface area contributed by atoms with Gasteiger partial charge in [-0.25, -0.2) is 0 Å².